The van der Waals surface area contributed by atoms with Crippen LogP contribution in [0.4, 0.5) is 0 Å². The number of nitrogens with zero attached hydrogens (tertiary/aromatic N) is 1. The summed E-state index contributed by atoms with van der Waals surface area (Å²) in [5, 5.41) is 5.28. The van der Waals surface area contributed by atoms with E-state index in [2.05, 4.69) is 10.7 Å². The summed E-state index contributed by atoms with van der Waals surface area (Å²) < 4.78 is 22.4. The van der Waals surface area contributed by atoms with E-state index >= 15 is 0 Å². The Bertz CT molecular complexity index is 327. The number of hydrazine groups is 1. The second-order valence-electron chi connectivity index (χ2n) is 3.99. The molecule has 0 bridgehead atoms. The maximum Gasteiger partial charge on any atom is 0.181 e. The molecule has 1 saturated heterocycles. The molecule has 1 heterocycles. The van der Waals surface area contributed by atoms with E-state index in [9.17, 15) is 8.42 Å². The van der Waals surface area contributed by atoms with Crippen molar-refractivity contribution in [1.29, 1.82) is 0 Å². The van der Waals surface area contributed by atoms with Gasteiger partial charge in [0.05, 0.1) is 11.5 Å². The van der Waals surface area contributed by atoms with Gasteiger partial charge in [-0.3, -0.25) is 5.43 Å². The van der Waals surface area contributed by atoms with Crippen LogP contribution in [0, 0.1) is 5.92 Å². The van der Waals surface area contributed by atoms with Gasteiger partial charge in [-0.15, -0.1) is 0 Å². The summed E-state index contributed by atoms with van der Waals surface area (Å²) in [6, 6.07) is 0. The molecule has 88 valence electrons. The molecule has 7 heteroatoms. The predicted molar refractivity (Wildman–Crippen MR) is 64.2 cm³/mol. The molecule has 0 spiro atoms. The smallest absolute Gasteiger partial charge is 0.181 e. The average molecular weight is 251 g/mol. The van der Waals surface area contributed by atoms with Crippen molar-refractivity contribution in [1.82, 2.24) is 15.8 Å². The summed E-state index contributed by atoms with van der Waals surface area (Å²) in [6.07, 6.45) is 0.736. The lowest BCUT2D eigenvalue weighted by atomic mass is 10.1. The molecular weight excluding hydrogens is 234 g/mol. The zero-order valence-electron chi connectivity index (χ0n) is 8.99. The second kappa shape index (κ2) is 5.09. The lowest BCUT2D eigenvalue weighted by Gasteiger charge is -2.17. The van der Waals surface area contributed by atoms with E-state index in [4.69, 9.17) is 12.2 Å². The first-order valence-electron chi connectivity index (χ1n) is 4.81. The van der Waals surface area contributed by atoms with Crippen LogP contribution in [-0.2, 0) is 9.84 Å². The zero-order valence-corrected chi connectivity index (χ0v) is 10.6. The standard InChI is InChI=1S/C8H17N3O2S2/c1-11(2)10-8(14)9-5-7-3-4-15(12,13)6-7/h7H,3-6H2,1-2H3,(H2,9,10,14)/t7-/m1/s1. The van der Waals surface area contributed by atoms with Crippen LogP contribution in [0.1, 0.15) is 6.42 Å². The van der Waals surface area contributed by atoms with Gasteiger partial charge in [-0.25, -0.2) is 13.4 Å². The highest BCUT2D eigenvalue weighted by molar-refractivity contribution is 7.91. The minimum Gasteiger partial charge on any atom is -0.361 e. The quantitative estimate of drug-likeness (QED) is 0.514. The monoisotopic (exact) mass is 251 g/mol. The van der Waals surface area contributed by atoms with E-state index in [-0.39, 0.29) is 11.7 Å². The Hall–Kier alpha value is -0.400. The fourth-order valence-corrected chi connectivity index (χ4v) is 3.64. The highest BCUT2D eigenvalue weighted by Gasteiger charge is 2.27. The van der Waals surface area contributed by atoms with Gasteiger partial charge < -0.3 is 5.32 Å². The summed E-state index contributed by atoms with van der Waals surface area (Å²) in [5.41, 5.74) is 2.89. The molecule has 15 heavy (non-hydrogen) atoms. The van der Waals surface area contributed by atoms with Gasteiger partial charge in [0, 0.05) is 20.6 Å². The van der Waals surface area contributed by atoms with Crippen LogP contribution in [0.25, 0.3) is 0 Å². The van der Waals surface area contributed by atoms with Gasteiger partial charge in [-0.2, -0.15) is 0 Å². The molecular formula is C8H17N3O2S2. The maximum atomic E-state index is 11.2. The topological polar surface area (TPSA) is 61.4 Å². The first kappa shape index (κ1) is 12.7. The highest BCUT2D eigenvalue weighted by Crippen LogP contribution is 2.17. The number of nitrogens with one attached hydrogen (secondary N) is 2. The lowest BCUT2D eigenvalue weighted by molar-refractivity contribution is 0.358. The first-order chi connectivity index (χ1) is 6.89. The molecule has 0 amide bonds. The Morgan fingerprint density at radius 2 is 2.20 bits per heavy atom. The fraction of sp³-hybridized carbons (Fsp3) is 0.875. The minimum atomic E-state index is -2.78. The van der Waals surface area contributed by atoms with E-state index in [1.54, 1.807) is 5.01 Å². The van der Waals surface area contributed by atoms with Crippen LogP contribution in [0.15, 0.2) is 0 Å². The largest absolute Gasteiger partial charge is 0.361 e. The van der Waals surface area contributed by atoms with Gasteiger partial charge in [0.15, 0.2) is 14.9 Å². The third-order valence-corrected chi connectivity index (χ3v) is 4.28. The average Bonchev–Trinajstić information content (AvgIpc) is 2.41. The third-order valence-electron chi connectivity index (χ3n) is 2.20. The first-order valence-corrected chi connectivity index (χ1v) is 7.04. The molecule has 0 aliphatic carbocycles. The van der Waals surface area contributed by atoms with Crippen LogP contribution >= 0.6 is 12.2 Å². The summed E-state index contributed by atoms with van der Waals surface area (Å²) in [6.45, 7) is 0.624. The lowest BCUT2D eigenvalue weighted by Crippen LogP contribution is -2.44. The Morgan fingerprint density at radius 1 is 1.53 bits per heavy atom. The number of hydrogen-bond donors (Lipinski definition) is 2. The minimum absolute atomic E-state index is 0.192. The van der Waals surface area contributed by atoms with Gasteiger partial charge >= 0.3 is 0 Å². The van der Waals surface area contributed by atoms with Gasteiger partial charge in [-0.05, 0) is 24.6 Å². The molecule has 0 aromatic heterocycles. The number of hydrogen-bond acceptors (Lipinski definition) is 4. The molecule has 0 aromatic rings. The van der Waals surface area contributed by atoms with Crippen molar-refractivity contribution in [3.05, 3.63) is 0 Å². The van der Waals surface area contributed by atoms with E-state index in [0.29, 0.717) is 17.4 Å². The van der Waals surface area contributed by atoms with Gasteiger partial charge in [0.1, 0.15) is 0 Å². The van der Waals surface area contributed by atoms with Crippen molar-refractivity contribution in [2.75, 3.05) is 32.1 Å². The van der Waals surface area contributed by atoms with Gasteiger partial charge in [-0.1, -0.05) is 0 Å². The SMILES string of the molecule is CN(C)NC(=S)NC[C@H]1CCS(=O)(=O)C1. The molecule has 0 saturated carbocycles. The summed E-state index contributed by atoms with van der Waals surface area (Å²) in [5.74, 6) is 0.787. The molecule has 1 rings (SSSR count). The number of rotatable bonds is 3. The van der Waals surface area contributed by atoms with Crippen LogP contribution in [-0.4, -0.2) is 50.7 Å². The van der Waals surface area contributed by atoms with E-state index in [0.717, 1.165) is 6.42 Å². The van der Waals surface area contributed by atoms with E-state index in [1.807, 2.05) is 14.1 Å². The molecule has 0 unspecified atom stereocenters. The van der Waals surface area contributed by atoms with Crippen LogP contribution in [0.3, 0.4) is 0 Å². The van der Waals surface area contributed by atoms with Gasteiger partial charge in [0.25, 0.3) is 0 Å². The van der Waals surface area contributed by atoms with Crippen molar-refractivity contribution in [3.63, 3.8) is 0 Å². The van der Waals surface area contributed by atoms with Crippen molar-refractivity contribution >= 4 is 27.2 Å². The molecule has 0 aromatic carbocycles. The molecule has 1 atom stereocenters. The Kier molecular flexibility index (Phi) is 4.30. The van der Waals surface area contributed by atoms with Crippen molar-refractivity contribution in [2.24, 2.45) is 5.92 Å². The Balaban J connectivity index is 2.24. The summed E-state index contributed by atoms with van der Waals surface area (Å²) in [4.78, 5) is 0. The van der Waals surface area contributed by atoms with Crippen LogP contribution in [0.2, 0.25) is 0 Å². The molecule has 1 aliphatic rings. The van der Waals surface area contributed by atoms with Crippen molar-refractivity contribution < 1.29 is 8.42 Å². The van der Waals surface area contributed by atoms with Crippen molar-refractivity contribution in [2.45, 2.75) is 6.42 Å². The highest BCUT2D eigenvalue weighted by atomic mass is 32.2. The zero-order chi connectivity index (χ0) is 11.5. The van der Waals surface area contributed by atoms with Crippen LogP contribution in [0.5, 0.6) is 0 Å². The predicted octanol–water partition coefficient (Wildman–Crippen LogP) is -0.638. The molecule has 0 radical (unpaired) electrons. The Labute approximate surface area is 96.1 Å². The van der Waals surface area contributed by atoms with Crippen molar-refractivity contribution in [3.8, 4) is 0 Å². The Morgan fingerprint density at radius 3 is 2.67 bits per heavy atom. The molecule has 1 aliphatic heterocycles. The van der Waals surface area contributed by atoms with Crippen LogP contribution < -0.4 is 10.7 Å². The summed E-state index contributed by atoms with van der Waals surface area (Å²) in [7, 11) is 0.902. The molecule has 2 N–H and O–H groups in total. The number of sulfone groups is 1. The fourth-order valence-electron chi connectivity index (χ4n) is 1.51. The van der Waals surface area contributed by atoms with E-state index < -0.39 is 9.84 Å². The van der Waals surface area contributed by atoms with Gasteiger partial charge in [0.2, 0.25) is 0 Å². The normalized spacial score (nSPS) is 24.1. The molecule has 5 nitrogen and oxygen atoms in total. The summed E-state index contributed by atoms with van der Waals surface area (Å²) >= 11 is 5.01. The second-order valence-corrected chi connectivity index (χ2v) is 6.62. The third kappa shape index (κ3) is 4.76. The molecule has 1 fully saturated rings. The van der Waals surface area contributed by atoms with E-state index in [1.165, 1.54) is 0 Å². The maximum absolute atomic E-state index is 11.2. The number of thiocarbonyl (C=S) groups is 1.